The number of halogens is 2. The number of likely N-dealkylation sites (tertiary alicyclic amines) is 1. The van der Waals surface area contributed by atoms with Crippen LogP contribution in [0, 0.1) is 11.6 Å². The number of carbonyl (C=O) groups excluding carboxylic acids is 2. The molecule has 1 atom stereocenters. The van der Waals surface area contributed by atoms with Crippen molar-refractivity contribution in [1.29, 1.82) is 0 Å². The molecule has 152 valence electrons. The fourth-order valence-corrected chi connectivity index (χ4v) is 3.42. The number of benzene rings is 2. The van der Waals surface area contributed by atoms with Crippen LogP contribution in [-0.2, 0) is 9.59 Å². The maximum absolute atomic E-state index is 13.4. The molecule has 1 amide bonds. The fourth-order valence-electron chi connectivity index (χ4n) is 3.42. The Hall–Kier alpha value is -3.06. The van der Waals surface area contributed by atoms with Gasteiger partial charge in [-0.15, -0.1) is 0 Å². The highest BCUT2D eigenvalue weighted by Gasteiger charge is 2.45. The third-order valence-electron chi connectivity index (χ3n) is 4.85. The van der Waals surface area contributed by atoms with Crippen LogP contribution >= 0.6 is 0 Å². The van der Waals surface area contributed by atoms with E-state index in [1.54, 1.807) is 0 Å². The molecular weight excluding hydrogens is 378 g/mol. The molecule has 1 fully saturated rings. The normalized spacial score (nSPS) is 18.7. The Bertz CT molecular complexity index is 938. The quantitative estimate of drug-likeness (QED) is 0.459. The van der Waals surface area contributed by atoms with Gasteiger partial charge in [0.05, 0.1) is 11.6 Å². The summed E-state index contributed by atoms with van der Waals surface area (Å²) in [6.45, 7) is 1.00. The van der Waals surface area contributed by atoms with Crippen LogP contribution < -0.4 is 0 Å². The highest BCUT2D eigenvalue weighted by Crippen LogP contribution is 2.39. The molecule has 7 heteroatoms. The SMILES string of the molecule is CN(C)CCCN1C(=O)C(=O)/C(=C(/O)c2ccc(F)cc2)[C@@H]1c1ccc(F)cc1. The van der Waals surface area contributed by atoms with Crippen LogP contribution in [0.5, 0.6) is 0 Å². The van der Waals surface area contributed by atoms with Crippen LogP contribution in [0.3, 0.4) is 0 Å². The summed E-state index contributed by atoms with van der Waals surface area (Å²) in [5.41, 5.74) is 0.655. The van der Waals surface area contributed by atoms with E-state index < -0.39 is 29.4 Å². The first-order valence-electron chi connectivity index (χ1n) is 9.24. The Balaban J connectivity index is 2.07. The minimum Gasteiger partial charge on any atom is -0.507 e. The van der Waals surface area contributed by atoms with Crippen molar-refractivity contribution in [3.8, 4) is 0 Å². The molecule has 0 saturated carbocycles. The number of amides is 1. The first kappa shape index (κ1) is 20.7. The molecule has 5 nitrogen and oxygen atoms in total. The predicted octanol–water partition coefficient (Wildman–Crippen LogP) is 3.34. The Morgan fingerprint density at radius 1 is 1.00 bits per heavy atom. The van der Waals surface area contributed by atoms with Gasteiger partial charge in [-0.1, -0.05) is 12.1 Å². The second-order valence-corrected chi connectivity index (χ2v) is 7.21. The van der Waals surface area contributed by atoms with Crippen LogP contribution in [0.1, 0.15) is 23.6 Å². The molecule has 0 radical (unpaired) electrons. The zero-order valence-electron chi connectivity index (χ0n) is 16.2. The molecule has 1 saturated heterocycles. The molecule has 3 rings (SSSR count). The van der Waals surface area contributed by atoms with Gasteiger partial charge in [-0.3, -0.25) is 9.59 Å². The number of aliphatic hydroxyl groups excluding tert-OH is 1. The summed E-state index contributed by atoms with van der Waals surface area (Å²) in [5, 5.41) is 10.8. The van der Waals surface area contributed by atoms with Gasteiger partial charge in [-0.05, 0) is 69.0 Å². The number of nitrogens with zero attached hydrogens (tertiary/aromatic N) is 2. The molecule has 0 bridgehead atoms. The molecule has 0 aliphatic carbocycles. The van der Waals surface area contributed by atoms with Crippen LogP contribution in [-0.4, -0.2) is 53.8 Å². The van der Waals surface area contributed by atoms with Crippen molar-refractivity contribution in [2.75, 3.05) is 27.2 Å². The zero-order valence-corrected chi connectivity index (χ0v) is 16.2. The van der Waals surface area contributed by atoms with Crippen molar-refractivity contribution in [3.05, 3.63) is 76.9 Å². The summed E-state index contributed by atoms with van der Waals surface area (Å²) in [5.74, 6) is -2.85. The molecule has 0 unspecified atom stereocenters. The van der Waals surface area contributed by atoms with Crippen molar-refractivity contribution < 1.29 is 23.5 Å². The molecular formula is C22H22F2N2O3. The van der Waals surface area contributed by atoms with Gasteiger partial charge in [0.25, 0.3) is 11.7 Å². The van der Waals surface area contributed by atoms with Crippen molar-refractivity contribution in [2.24, 2.45) is 0 Å². The Labute approximate surface area is 167 Å². The van der Waals surface area contributed by atoms with Crippen molar-refractivity contribution in [2.45, 2.75) is 12.5 Å². The van der Waals surface area contributed by atoms with Crippen molar-refractivity contribution in [3.63, 3.8) is 0 Å². The molecule has 1 aliphatic rings. The van der Waals surface area contributed by atoms with Gasteiger partial charge in [0.2, 0.25) is 0 Å². The number of Topliss-reactive ketones (excluding diaryl/α,β-unsaturated/α-hetero) is 1. The number of carbonyl (C=O) groups is 2. The second-order valence-electron chi connectivity index (χ2n) is 7.21. The molecule has 2 aromatic rings. The smallest absolute Gasteiger partial charge is 0.295 e. The summed E-state index contributed by atoms with van der Waals surface area (Å²) in [4.78, 5) is 28.9. The third-order valence-corrected chi connectivity index (χ3v) is 4.85. The summed E-state index contributed by atoms with van der Waals surface area (Å²) in [7, 11) is 3.81. The number of rotatable bonds is 6. The van der Waals surface area contributed by atoms with Gasteiger partial charge in [0.15, 0.2) is 0 Å². The Morgan fingerprint density at radius 2 is 1.55 bits per heavy atom. The van der Waals surface area contributed by atoms with E-state index in [0.29, 0.717) is 25.1 Å². The maximum atomic E-state index is 13.4. The van der Waals surface area contributed by atoms with E-state index in [-0.39, 0.29) is 16.9 Å². The van der Waals surface area contributed by atoms with Gasteiger partial charge in [-0.25, -0.2) is 8.78 Å². The summed E-state index contributed by atoms with van der Waals surface area (Å²) >= 11 is 0. The van der Waals surface area contributed by atoms with Gasteiger partial charge < -0.3 is 14.9 Å². The van der Waals surface area contributed by atoms with Gasteiger partial charge >= 0.3 is 0 Å². The topological polar surface area (TPSA) is 60.9 Å². The Kier molecular flexibility index (Phi) is 6.08. The first-order chi connectivity index (χ1) is 13.8. The third kappa shape index (κ3) is 4.35. The highest BCUT2D eigenvalue weighted by molar-refractivity contribution is 6.46. The van der Waals surface area contributed by atoms with Crippen molar-refractivity contribution in [1.82, 2.24) is 9.80 Å². The minimum absolute atomic E-state index is 0.0851. The highest BCUT2D eigenvalue weighted by atomic mass is 19.1. The van der Waals surface area contributed by atoms with Crippen LogP contribution in [0.25, 0.3) is 5.76 Å². The van der Waals surface area contributed by atoms with Crippen LogP contribution in [0.4, 0.5) is 8.78 Å². The van der Waals surface area contributed by atoms with E-state index in [4.69, 9.17) is 0 Å². The minimum atomic E-state index is -0.845. The predicted molar refractivity (Wildman–Crippen MR) is 105 cm³/mol. The molecule has 1 heterocycles. The van der Waals surface area contributed by atoms with E-state index in [0.717, 1.165) is 12.1 Å². The summed E-state index contributed by atoms with van der Waals surface area (Å²) in [6.07, 6.45) is 0.619. The maximum Gasteiger partial charge on any atom is 0.295 e. The number of aliphatic hydroxyl groups is 1. The average Bonchev–Trinajstić information content (AvgIpc) is 2.93. The van der Waals surface area contributed by atoms with E-state index in [1.165, 1.54) is 41.3 Å². The molecule has 0 aromatic heterocycles. The standard InChI is InChI=1S/C22H22F2N2O3/c1-25(2)12-3-13-26-19(14-4-8-16(23)9-5-14)18(21(28)22(26)29)20(27)15-6-10-17(24)11-7-15/h4-11,19,27H,3,12-13H2,1-2H3/b20-18+/t19-/m0/s1. The Morgan fingerprint density at radius 3 is 2.10 bits per heavy atom. The van der Waals surface area contributed by atoms with Crippen molar-refractivity contribution >= 4 is 17.4 Å². The van der Waals surface area contributed by atoms with E-state index in [1.807, 2.05) is 19.0 Å². The van der Waals surface area contributed by atoms with Gasteiger partial charge in [0, 0.05) is 12.1 Å². The lowest BCUT2D eigenvalue weighted by Gasteiger charge is -2.26. The molecule has 1 N–H and O–H groups in total. The summed E-state index contributed by atoms with van der Waals surface area (Å²) < 4.78 is 26.7. The lowest BCUT2D eigenvalue weighted by Crippen LogP contribution is -2.32. The number of hydrogen-bond donors (Lipinski definition) is 1. The second kappa shape index (κ2) is 8.53. The van der Waals surface area contributed by atoms with E-state index >= 15 is 0 Å². The monoisotopic (exact) mass is 400 g/mol. The lowest BCUT2D eigenvalue weighted by atomic mass is 9.95. The van der Waals surface area contributed by atoms with Crippen LogP contribution in [0.2, 0.25) is 0 Å². The molecule has 29 heavy (non-hydrogen) atoms. The van der Waals surface area contributed by atoms with Crippen LogP contribution in [0.15, 0.2) is 54.1 Å². The van der Waals surface area contributed by atoms with E-state index in [2.05, 4.69) is 0 Å². The fraction of sp³-hybridized carbons (Fsp3) is 0.273. The van der Waals surface area contributed by atoms with E-state index in [9.17, 15) is 23.5 Å². The zero-order chi connectivity index (χ0) is 21.1. The number of ketones is 1. The molecule has 2 aromatic carbocycles. The first-order valence-corrected chi connectivity index (χ1v) is 9.24. The molecule has 0 spiro atoms. The average molecular weight is 400 g/mol. The summed E-state index contributed by atoms with van der Waals surface area (Å²) in [6, 6.07) is 9.62. The number of hydrogen-bond acceptors (Lipinski definition) is 4. The van der Waals surface area contributed by atoms with Gasteiger partial charge in [0.1, 0.15) is 17.4 Å². The largest absolute Gasteiger partial charge is 0.507 e. The van der Waals surface area contributed by atoms with Gasteiger partial charge in [-0.2, -0.15) is 0 Å². The lowest BCUT2D eigenvalue weighted by molar-refractivity contribution is -0.139. The molecule has 1 aliphatic heterocycles.